The van der Waals surface area contributed by atoms with Crippen molar-refractivity contribution in [3.63, 3.8) is 0 Å². The number of nitrogens with zero attached hydrogens (tertiary/aromatic N) is 2. The normalized spacial score (nSPS) is 11.9. The van der Waals surface area contributed by atoms with E-state index in [-0.39, 0.29) is 24.4 Å². The first-order valence-corrected chi connectivity index (χ1v) is 11.6. The van der Waals surface area contributed by atoms with Gasteiger partial charge in [0.15, 0.2) is 5.16 Å². The molecule has 8 nitrogen and oxygen atoms in total. The van der Waals surface area contributed by atoms with Gasteiger partial charge in [-0.3, -0.25) is 19.0 Å². The van der Waals surface area contributed by atoms with E-state index in [0.29, 0.717) is 39.8 Å². The highest BCUT2D eigenvalue weighted by Gasteiger charge is 2.23. The van der Waals surface area contributed by atoms with Gasteiger partial charge in [0.1, 0.15) is 10.4 Å². The monoisotopic (exact) mass is 461 g/mol. The van der Waals surface area contributed by atoms with Gasteiger partial charge in [0, 0.05) is 6.54 Å². The molecule has 164 valence electrons. The maximum atomic E-state index is 13.0. The van der Waals surface area contributed by atoms with Gasteiger partial charge in [-0.2, -0.15) is 0 Å². The summed E-state index contributed by atoms with van der Waals surface area (Å²) in [6.07, 6.45) is 0.278. The fraction of sp³-hybridized carbons (Fsp3) is 0.333. The molecule has 2 aromatic heterocycles. The molecule has 3 rings (SSSR count). The van der Waals surface area contributed by atoms with Gasteiger partial charge < -0.3 is 15.2 Å². The Morgan fingerprint density at radius 2 is 2.06 bits per heavy atom. The van der Waals surface area contributed by atoms with Crippen LogP contribution in [0.15, 0.2) is 45.7 Å². The molecule has 0 saturated carbocycles. The number of rotatable bonds is 10. The zero-order valence-corrected chi connectivity index (χ0v) is 18.8. The standard InChI is InChI=1S/C21H23N3O5S2/c1-3-16(19(27)22-13-7-5-6-8-15(13)29-4-2)31-21-23-14-10-12-30-18(14)20(28)24(21)11-9-17(25)26/h5-8,10,12,16H,3-4,9,11H2,1-2H3,(H,22,27)(H,25,26)/t16-/m0/s1. The van der Waals surface area contributed by atoms with Crippen LogP contribution in [0.2, 0.25) is 0 Å². The number of carbonyl (C=O) groups excluding carboxylic acids is 1. The number of aromatic nitrogens is 2. The second kappa shape index (κ2) is 10.5. The van der Waals surface area contributed by atoms with Gasteiger partial charge in [-0.05, 0) is 36.9 Å². The summed E-state index contributed by atoms with van der Waals surface area (Å²) in [5.41, 5.74) is 0.819. The molecule has 1 amide bonds. The predicted octanol–water partition coefficient (Wildman–Crippen LogP) is 3.84. The van der Waals surface area contributed by atoms with E-state index in [4.69, 9.17) is 9.84 Å². The van der Waals surface area contributed by atoms with Crippen LogP contribution in [-0.4, -0.2) is 38.4 Å². The van der Waals surface area contributed by atoms with Crippen molar-refractivity contribution in [3.8, 4) is 5.75 Å². The molecule has 2 heterocycles. The van der Waals surface area contributed by atoms with Gasteiger partial charge in [-0.15, -0.1) is 11.3 Å². The van der Waals surface area contributed by atoms with Gasteiger partial charge in [-0.25, -0.2) is 4.98 Å². The molecule has 3 aromatic rings. The Labute approximate surface area is 187 Å². The third kappa shape index (κ3) is 5.45. The summed E-state index contributed by atoms with van der Waals surface area (Å²) in [5, 5.41) is 13.5. The van der Waals surface area contributed by atoms with Crippen molar-refractivity contribution < 1.29 is 19.4 Å². The van der Waals surface area contributed by atoms with E-state index in [2.05, 4.69) is 10.3 Å². The smallest absolute Gasteiger partial charge is 0.305 e. The van der Waals surface area contributed by atoms with Crippen LogP contribution in [0, 0.1) is 0 Å². The molecule has 0 saturated heterocycles. The number of ether oxygens (including phenoxy) is 1. The Morgan fingerprint density at radius 3 is 2.77 bits per heavy atom. The van der Waals surface area contributed by atoms with E-state index in [9.17, 15) is 14.4 Å². The van der Waals surface area contributed by atoms with Crippen LogP contribution in [0.1, 0.15) is 26.7 Å². The molecule has 0 unspecified atom stereocenters. The number of hydrogen-bond donors (Lipinski definition) is 2. The summed E-state index contributed by atoms with van der Waals surface area (Å²) in [7, 11) is 0. The molecule has 0 aliphatic carbocycles. The van der Waals surface area contributed by atoms with Crippen LogP contribution in [0.5, 0.6) is 5.75 Å². The van der Waals surface area contributed by atoms with Crippen molar-refractivity contribution in [3.05, 3.63) is 46.1 Å². The Kier molecular flexibility index (Phi) is 7.69. The molecular weight excluding hydrogens is 438 g/mol. The molecule has 0 fully saturated rings. The lowest BCUT2D eigenvalue weighted by Crippen LogP contribution is -2.28. The lowest BCUT2D eigenvalue weighted by molar-refractivity contribution is -0.137. The number of anilines is 1. The van der Waals surface area contributed by atoms with Gasteiger partial charge in [-0.1, -0.05) is 30.8 Å². The Morgan fingerprint density at radius 1 is 1.29 bits per heavy atom. The van der Waals surface area contributed by atoms with Gasteiger partial charge >= 0.3 is 5.97 Å². The van der Waals surface area contributed by atoms with E-state index in [1.54, 1.807) is 23.6 Å². The summed E-state index contributed by atoms with van der Waals surface area (Å²) in [4.78, 5) is 41.5. The number of hydrogen-bond acceptors (Lipinski definition) is 7. The number of aliphatic carboxylic acids is 1. The summed E-state index contributed by atoms with van der Waals surface area (Å²) >= 11 is 2.42. The molecule has 0 aliphatic rings. The predicted molar refractivity (Wildman–Crippen MR) is 122 cm³/mol. The number of para-hydroxylation sites is 2. The minimum Gasteiger partial charge on any atom is -0.492 e. The van der Waals surface area contributed by atoms with E-state index < -0.39 is 11.2 Å². The number of thioether (sulfide) groups is 1. The van der Waals surface area contributed by atoms with Crippen molar-refractivity contribution in [1.82, 2.24) is 9.55 Å². The molecule has 31 heavy (non-hydrogen) atoms. The first-order chi connectivity index (χ1) is 14.9. The minimum atomic E-state index is -1.01. The molecule has 0 bridgehead atoms. The fourth-order valence-electron chi connectivity index (χ4n) is 2.93. The summed E-state index contributed by atoms with van der Waals surface area (Å²) in [6, 6.07) is 8.92. The Bertz CT molecular complexity index is 1140. The third-order valence-corrected chi connectivity index (χ3v) is 6.68. The number of thiophene rings is 1. The molecule has 10 heteroatoms. The molecule has 0 aliphatic heterocycles. The SMILES string of the molecule is CCOc1ccccc1NC(=O)[C@H](CC)Sc1nc2ccsc2c(=O)n1CCC(=O)O. The number of benzene rings is 1. The van der Waals surface area contributed by atoms with Crippen LogP contribution < -0.4 is 15.6 Å². The average Bonchev–Trinajstić information content (AvgIpc) is 3.21. The van der Waals surface area contributed by atoms with Crippen LogP contribution >= 0.6 is 23.1 Å². The largest absolute Gasteiger partial charge is 0.492 e. The maximum Gasteiger partial charge on any atom is 0.305 e. The van der Waals surface area contributed by atoms with Crippen molar-refractivity contribution in [1.29, 1.82) is 0 Å². The quantitative estimate of drug-likeness (QED) is 0.349. The minimum absolute atomic E-state index is 0.0113. The summed E-state index contributed by atoms with van der Waals surface area (Å²) < 4.78 is 7.38. The lowest BCUT2D eigenvalue weighted by Gasteiger charge is -2.18. The second-order valence-corrected chi connectivity index (χ2v) is 8.65. The second-order valence-electron chi connectivity index (χ2n) is 6.56. The van der Waals surface area contributed by atoms with Crippen LogP contribution in [0.3, 0.4) is 0 Å². The Balaban J connectivity index is 1.88. The summed E-state index contributed by atoms with van der Waals surface area (Å²) in [6.45, 7) is 4.20. The Hall–Kier alpha value is -2.85. The highest BCUT2D eigenvalue weighted by Crippen LogP contribution is 2.29. The summed E-state index contributed by atoms with van der Waals surface area (Å²) in [5.74, 6) is -0.676. The zero-order valence-electron chi connectivity index (χ0n) is 17.2. The highest BCUT2D eigenvalue weighted by atomic mass is 32.2. The first kappa shape index (κ1) is 22.8. The van der Waals surface area contributed by atoms with E-state index in [0.717, 1.165) is 11.8 Å². The van der Waals surface area contributed by atoms with Crippen LogP contribution in [-0.2, 0) is 16.1 Å². The third-order valence-electron chi connectivity index (χ3n) is 4.44. The maximum absolute atomic E-state index is 13.0. The van der Waals surface area contributed by atoms with E-state index in [1.165, 1.54) is 15.9 Å². The van der Waals surface area contributed by atoms with Crippen molar-refractivity contribution in [2.24, 2.45) is 0 Å². The number of amides is 1. The average molecular weight is 462 g/mol. The van der Waals surface area contributed by atoms with Crippen LogP contribution in [0.4, 0.5) is 5.69 Å². The molecule has 1 atom stereocenters. The number of fused-ring (bicyclic) bond motifs is 1. The topological polar surface area (TPSA) is 111 Å². The lowest BCUT2D eigenvalue weighted by atomic mass is 10.2. The molecular formula is C21H23N3O5S2. The van der Waals surface area contributed by atoms with Gasteiger partial charge in [0.05, 0.1) is 29.5 Å². The van der Waals surface area contributed by atoms with E-state index in [1.807, 2.05) is 26.0 Å². The van der Waals surface area contributed by atoms with Crippen molar-refractivity contribution in [2.45, 2.75) is 43.6 Å². The van der Waals surface area contributed by atoms with Crippen molar-refractivity contribution in [2.75, 3.05) is 11.9 Å². The van der Waals surface area contributed by atoms with Gasteiger partial charge in [0.25, 0.3) is 5.56 Å². The molecule has 0 spiro atoms. The molecule has 2 N–H and O–H groups in total. The highest BCUT2D eigenvalue weighted by molar-refractivity contribution is 8.00. The number of nitrogens with one attached hydrogen (secondary N) is 1. The molecule has 1 aromatic carbocycles. The van der Waals surface area contributed by atoms with E-state index >= 15 is 0 Å². The van der Waals surface area contributed by atoms with Crippen LogP contribution in [0.25, 0.3) is 10.2 Å². The first-order valence-electron chi connectivity index (χ1n) is 9.83. The fourth-order valence-corrected chi connectivity index (χ4v) is 4.75. The molecule has 0 radical (unpaired) electrons. The van der Waals surface area contributed by atoms with Crippen molar-refractivity contribution >= 4 is 50.9 Å². The van der Waals surface area contributed by atoms with Gasteiger partial charge in [0.2, 0.25) is 5.91 Å². The number of carbonyl (C=O) groups is 2. The zero-order chi connectivity index (χ0) is 22.4. The number of carboxylic acids is 1. The number of carboxylic acid groups (broad SMARTS) is 1.